The number of hydrogen-bond donors (Lipinski definition) is 2. The Morgan fingerprint density at radius 1 is 1.18 bits per heavy atom. The van der Waals surface area contributed by atoms with Crippen LogP contribution in [0.3, 0.4) is 0 Å². The highest BCUT2D eigenvalue weighted by Gasteiger charge is 2.01. The summed E-state index contributed by atoms with van der Waals surface area (Å²) < 4.78 is 0. The number of hydrogen-bond acceptors (Lipinski definition) is 2. The van der Waals surface area contributed by atoms with E-state index in [1.165, 1.54) is 12.5 Å². The summed E-state index contributed by atoms with van der Waals surface area (Å²) in [7, 11) is 0. The van der Waals surface area contributed by atoms with Crippen LogP contribution in [0.1, 0.15) is 25.8 Å². The van der Waals surface area contributed by atoms with Crippen LogP contribution in [0, 0.1) is 0 Å². The topological polar surface area (TPSA) is 58.2 Å². The molecular formula is C13H18N2O2. The van der Waals surface area contributed by atoms with Gasteiger partial charge < -0.3 is 10.6 Å². The molecule has 0 radical (unpaired) electrons. The minimum atomic E-state index is -0.282. The van der Waals surface area contributed by atoms with E-state index in [4.69, 9.17) is 0 Å². The molecule has 0 aliphatic carbocycles. The average molecular weight is 234 g/mol. The second kappa shape index (κ2) is 6.68. The van der Waals surface area contributed by atoms with Gasteiger partial charge in [-0.15, -0.1) is 0 Å². The highest BCUT2D eigenvalue weighted by atomic mass is 16.2. The van der Waals surface area contributed by atoms with Crippen molar-refractivity contribution in [2.75, 3.05) is 11.9 Å². The summed E-state index contributed by atoms with van der Waals surface area (Å²) in [6, 6.07) is 7.40. The summed E-state index contributed by atoms with van der Waals surface area (Å²) in [5.41, 5.74) is 1.98. The monoisotopic (exact) mass is 234 g/mol. The number of urea groups is 1. The number of benzene rings is 1. The van der Waals surface area contributed by atoms with Gasteiger partial charge in [-0.3, -0.25) is 4.79 Å². The Morgan fingerprint density at radius 3 is 2.35 bits per heavy atom. The third-order valence-corrected chi connectivity index (χ3v) is 2.38. The number of aryl methyl sites for hydroxylation is 1. The molecule has 0 aliphatic rings. The van der Waals surface area contributed by atoms with Gasteiger partial charge in [-0.25, -0.2) is 4.79 Å². The first-order valence-electron chi connectivity index (χ1n) is 5.75. The summed E-state index contributed by atoms with van der Waals surface area (Å²) in [6.45, 7) is 3.95. The number of amides is 2. The second-order valence-corrected chi connectivity index (χ2v) is 3.88. The number of carbonyl (C=O) groups is 2. The Labute approximate surface area is 101 Å². The number of nitrogens with one attached hydrogen (secondary N) is 2. The van der Waals surface area contributed by atoms with Gasteiger partial charge in [0.05, 0.1) is 0 Å². The molecule has 2 amide bonds. The Bertz CT molecular complexity index is 385. The van der Waals surface area contributed by atoms with Crippen LogP contribution in [0.2, 0.25) is 0 Å². The van der Waals surface area contributed by atoms with Crippen LogP contribution in [-0.2, 0) is 11.2 Å². The van der Waals surface area contributed by atoms with Crippen LogP contribution >= 0.6 is 0 Å². The van der Waals surface area contributed by atoms with Gasteiger partial charge >= 0.3 is 6.03 Å². The summed E-state index contributed by atoms with van der Waals surface area (Å²) in [5.74, 6) is 0.0672. The molecule has 4 heteroatoms. The zero-order chi connectivity index (χ0) is 12.7. The van der Waals surface area contributed by atoms with Gasteiger partial charge in [0, 0.05) is 18.7 Å². The SMILES string of the molecule is CCc1ccc(NC(=O)NCCC(C)=O)cc1. The zero-order valence-corrected chi connectivity index (χ0v) is 10.2. The Balaban J connectivity index is 2.37. The van der Waals surface area contributed by atoms with E-state index in [9.17, 15) is 9.59 Å². The van der Waals surface area contributed by atoms with E-state index in [1.807, 2.05) is 24.3 Å². The molecule has 0 saturated carbocycles. The molecule has 92 valence electrons. The van der Waals surface area contributed by atoms with Gasteiger partial charge in [-0.1, -0.05) is 19.1 Å². The van der Waals surface area contributed by atoms with Gasteiger partial charge in [0.15, 0.2) is 0 Å². The molecule has 0 aromatic heterocycles. The number of ketones is 1. The Hall–Kier alpha value is -1.84. The van der Waals surface area contributed by atoms with Crippen molar-refractivity contribution < 1.29 is 9.59 Å². The van der Waals surface area contributed by atoms with Crippen LogP contribution in [0.4, 0.5) is 10.5 Å². The Morgan fingerprint density at radius 2 is 1.82 bits per heavy atom. The molecule has 1 aromatic rings. The molecule has 0 spiro atoms. The quantitative estimate of drug-likeness (QED) is 0.821. The first kappa shape index (κ1) is 13.2. The van der Waals surface area contributed by atoms with Crippen LogP contribution in [0.25, 0.3) is 0 Å². The lowest BCUT2D eigenvalue weighted by atomic mass is 10.1. The molecule has 0 heterocycles. The van der Waals surface area contributed by atoms with E-state index >= 15 is 0 Å². The minimum absolute atomic E-state index is 0.0672. The molecule has 0 saturated heterocycles. The van der Waals surface area contributed by atoms with Crippen LogP contribution in [0.5, 0.6) is 0 Å². The fraction of sp³-hybridized carbons (Fsp3) is 0.385. The van der Waals surface area contributed by atoms with Gasteiger partial charge in [-0.05, 0) is 31.0 Å². The van der Waals surface area contributed by atoms with Crippen LogP contribution < -0.4 is 10.6 Å². The molecule has 0 bridgehead atoms. The van der Waals surface area contributed by atoms with E-state index in [2.05, 4.69) is 17.6 Å². The average Bonchev–Trinajstić information content (AvgIpc) is 2.29. The van der Waals surface area contributed by atoms with Crippen molar-refractivity contribution in [3.8, 4) is 0 Å². The summed E-state index contributed by atoms with van der Waals surface area (Å²) in [5, 5.41) is 5.33. The maximum atomic E-state index is 11.4. The maximum Gasteiger partial charge on any atom is 0.319 e. The van der Waals surface area contributed by atoms with Crippen molar-refractivity contribution in [2.24, 2.45) is 0 Å². The zero-order valence-electron chi connectivity index (χ0n) is 10.2. The van der Waals surface area contributed by atoms with E-state index in [0.29, 0.717) is 13.0 Å². The van der Waals surface area contributed by atoms with Crippen molar-refractivity contribution in [2.45, 2.75) is 26.7 Å². The number of Topliss-reactive ketones (excluding diaryl/α,β-unsaturated/α-hetero) is 1. The predicted octanol–water partition coefficient (Wildman–Crippen LogP) is 2.35. The Kier molecular flexibility index (Phi) is 5.20. The lowest BCUT2D eigenvalue weighted by Crippen LogP contribution is -2.30. The molecule has 17 heavy (non-hydrogen) atoms. The minimum Gasteiger partial charge on any atom is -0.337 e. The van der Waals surface area contributed by atoms with Crippen LogP contribution in [0.15, 0.2) is 24.3 Å². The van der Waals surface area contributed by atoms with Crippen molar-refractivity contribution in [1.82, 2.24) is 5.32 Å². The first-order chi connectivity index (χ1) is 8.11. The molecule has 0 fully saturated rings. The molecule has 0 aliphatic heterocycles. The predicted molar refractivity (Wildman–Crippen MR) is 68.1 cm³/mol. The van der Waals surface area contributed by atoms with E-state index in [-0.39, 0.29) is 11.8 Å². The number of rotatable bonds is 5. The smallest absolute Gasteiger partial charge is 0.319 e. The van der Waals surface area contributed by atoms with Gasteiger partial charge in [0.25, 0.3) is 0 Å². The molecule has 0 atom stereocenters. The normalized spacial score (nSPS) is 9.76. The van der Waals surface area contributed by atoms with Crippen molar-refractivity contribution in [3.63, 3.8) is 0 Å². The van der Waals surface area contributed by atoms with Gasteiger partial charge in [0.2, 0.25) is 0 Å². The number of anilines is 1. The van der Waals surface area contributed by atoms with E-state index < -0.39 is 0 Å². The molecule has 1 rings (SSSR count). The molecule has 1 aromatic carbocycles. The third kappa shape index (κ3) is 5.15. The fourth-order valence-corrected chi connectivity index (χ4v) is 1.35. The van der Waals surface area contributed by atoms with Crippen molar-refractivity contribution in [1.29, 1.82) is 0 Å². The highest BCUT2D eigenvalue weighted by Crippen LogP contribution is 2.09. The first-order valence-corrected chi connectivity index (χ1v) is 5.75. The maximum absolute atomic E-state index is 11.4. The molecule has 0 unspecified atom stereocenters. The largest absolute Gasteiger partial charge is 0.337 e. The molecule has 4 nitrogen and oxygen atoms in total. The highest BCUT2D eigenvalue weighted by molar-refractivity contribution is 5.89. The molecular weight excluding hydrogens is 216 g/mol. The summed E-state index contributed by atoms with van der Waals surface area (Å²) in [4.78, 5) is 22.1. The summed E-state index contributed by atoms with van der Waals surface area (Å²) >= 11 is 0. The lowest BCUT2D eigenvalue weighted by Gasteiger charge is -2.07. The second-order valence-electron chi connectivity index (χ2n) is 3.88. The number of carbonyl (C=O) groups excluding carboxylic acids is 2. The van der Waals surface area contributed by atoms with E-state index in [0.717, 1.165) is 12.1 Å². The lowest BCUT2D eigenvalue weighted by molar-refractivity contribution is -0.116. The van der Waals surface area contributed by atoms with Crippen LogP contribution in [-0.4, -0.2) is 18.4 Å². The molecule has 2 N–H and O–H groups in total. The van der Waals surface area contributed by atoms with Gasteiger partial charge in [-0.2, -0.15) is 0 Å². The third-order valence-electron chi connectivity index (χ3n) is 2.38. The fourth-order valence-electron chi connectivity index (χ4n) is 1.35. The van der Waals surface area contributed by atoms with Gasteiger partial charge in [0.1, 0.15) is 5.78 Å². The van der Waals surface area contributed by atoms with E-state index in [1.54, 1.807) is 0 Å². The van der Waals surface area contributed by atoms with Crippen molar-refractivity contribution >= 4 is 17.5 Å². The standard InChI is InChI=1S/C13H18N2O2/c1-3-11-4-6-12(7-5-11)15-13(17)14-9-8-10(2)16/h4-7H,3,8-9H2,1-2H3,(H2,14,15,17). The summed E-state index contributed by atoms with van der Waals surface area (Å²) in [6.07, 6.45) is 1.34. The van der Waals surface area contributed by atoms with Crippen molar-refractivity contribution in [3.05, 3.63) is 29.8 Å².